The molecule has 1 aromatic carbocycles. The zero-order chi connectivity index (χ0) is 22.1. The SMILES string of the molecule is CC(=O)N1CCN(c2cc(-n3nc(C)cc3C)nc(Nc3cc(F)ccc3F)n2)CC1. The lowest BCUT2D eigenvalue weighted by Gasteiger charge is -2.35. The van der Waals surface area contributed by atoms with Crippen LogP contribution >= 0.6 is 0 Å². The van der Waals surface area contributed by atoms with Gasteiger partial charge in [-0.1, -0.05) is 0 Å². The van der Waals surface area contributed by atoms with Crippen LogP contribution < -0.4 is 10.2 Å². The summed E-state index contributed by atoms with van der Waals surface area (Å²) >= 11 is 0. The van der Waals surface area contributed by atoms with Gasteiger partial charge in [0.2, 0.25) is 11.9 Å². The van der Waals surface area contributed by atoms with Crippen molar-refractivity contribution in [3.8, 4) is 5.82 Å². The number of anilines is 3. The van der Waals surface area contributed by atoms with Crippen LogP contribution in [0, 0.1) is 25.5 Å². The van der Waals surface area contributed by atoms with Crippen molar-refractivity contribution in [3.05, 3.63) is 53.4 Å². The third-order valence-electron chi connectivity index (χ3n) is 5.15. The molecule has 4 rings (SSSR count). The highest BCUT2D eigenvalue weighted by molar-refractivity contribution is 5.73. The highest BCUT2D eigenvalue weighted by Gasteiger charge is 2.22. The van der Waals surface area contributed by atoms with Gasteiger partial charge in [0.1, 0.15) is 17.5 Å². The summed E-state index contributed by atoms with van der Waals surface area (Å²) in [7, 11) is 0. The van der Waals surface area contributed by atoms with Crippen molar-refractivity contribution in [1.29, 1.82) is 0 Å². The number of aryl methyl sites for hydroxylation is 2. The molecule has 162 valence electrons. The van der Waals surface area contributed by atoms with E-state index in [9.17, 15) is 13.6 Å². The molecule has 0 radical (unpaired) electrons. The van der Waals surface area contributed by atoms with Gasteiger partial charge in [-0.2, -0.15) is 15.1 Å². The number of amides is 1. The average Bonchev–Trinajstić information content (AvgIpc) is 3.08. The summed E-state index contributed by atoms with van der Waals surface area (Å²) < 4.78 is 29.5. The largest absolute Gasteiger partial charge is 0.353 e. The van der Waals surface area contributed by atoms with Gasteiger partial charge < -0.3 is 15.1 Å². The minimum Gasteiger partial charge on any atom is -0.353 e. The molecule has 0 unspecified atom stereocenters. The van der Waals surface area contributed by atoms with Crippen LogP contribution in [-0.4, -0.2) is 56.7 Å². The van der Waals surface area contributed by atoms with Gasteiger partial charge in [0.25, 0.3) is 0 Å². The first-order valence-electron chi connectivity index (χ1n) is 9.95. The van der Waals surface area contributed by atoms with Crippen molar-refractivity contribution in [2.24, 2.45) is 0 Å². The molecular formula is C21H23F2N7O. The fourth-order valence-electron chi connectivity index (χ4n) is 3.57. The fourth-order valence-corrected chi connectivity index (χ4v) is 3.57. The smallest absolute Gasteiger partial charge is 0.231 e. The normalized spacial score (nSPS) is 14.1. The van der Waals surface area contributed by atoms with E-state index in [1.807, 2.05) is 24.8 Å². The molecular weight excluding hydrogens is 404 g/mol. The second-order valence-electron chi connectivity index (χ2n) is 7.49. The lowest BCUT2D eigenvalue weighted by atomic mass is 10.3. The third kappa shape index (κ3) is 4.47. The number of aromatic nitrogens is 4. The Hall–Kier alpha value is -3.56. The van der Waals surface area contributed by atoms with Crippen LogP contribution in [0.4, 0.5) is 26.2 Å². The molecule has 0 aliphatic carbocycles. The average molecular weight is 427 g/mol. The number of carbonyl (C=O) groups is 1. The van der Waals surface area contributed by atoms with Crippen LogP contribution in [0.3, 0.4) is 0 Å². The monoisotopic (exact) mass is 427 g/mol. The number of piperazine rings is 1. The van der Waals surface area contributed by atoms with Gasteiger partial charge in [0, 0.05) is 50.9 Å². The van der Waals surface area contributed by atoms with Gasteiger partial charge in [-0.25, -0.2) is 13.5 Å². The maximum absolute atomic E-state index is 14.2. The summed E-state index contributed by atoms with van der Waals surface area (Å²) in [5, 5.41) is 7.26. The van der Waals surface area contributed by atoms with Crippen molar-refractivity contribution in [2.45, 2.75) is 20.8 Å². The minimum atomic E-state index is -0.613. The molecule has 0 saturated carbocycles. The number of hydrogen-bond donors (Lipinski definition) is 1. The van der Waals surface area contributed by atoms with Crippen LogP contribution in [0.2, 0.25) is 0 Å². The summed E-state index contributed by atoms with van der Waals surface area (Å²) in [5.41, 5.74) is 1.66. The van der Waals surface area contributed by atoms with Gasteiger partial charge in [-0.3, -0.25) is 4.79 Å². The number of rotatable bonds is 4. The standard InChI is InChI=1S/C21H23F2N7O/c1-13-10-14(2)30(27-13)20-12-19(29-8-6-28(7-9-29)15(3)31)25-21(26-20)24-18-11-16(22)4-5-17(18)23/h4-5,10-12H,6-9H2,1-3H3,(H,24,25,26). The van der Waals surface area contributed by atoms with E-state index in [2.05, 4.69) is 20.4 Å². The molecule has 8 nitrogen and oxygen atoms in total. The van der Waals surface area contributed by atoms with E-state index in [-0.39, 0.29) is 17.5 Å². The molecule has 1 saturated heterocycles. The van der Waals surface area contributed by atoms with Crippen molar-refractivity contribution in [2.75, 3.05) is 36.4 Å². The van der Waals surface area contributed by atoms with Crippen LogP contribution in [0.25, 0.3) is 5.82 Å². The van der Waals surface area contributed by atoms with Crippen LogP contribution in [0.15, 0.2) is 30.3 Å². The van der Waals surface area contributed by atoms with Crippen molar-refractivity contribution in [1.82, 2.24) is 24.6 Å². The van der Waals surface area contributed by atoms with E-state index in [4.69, 9.17) is 0 Å². The predicted octanol–water partition coefficient (Wildman–Crippen LogP) is 2.97. The van der Waals surface area contributed by atoms with E-state index >= 15 is 0 Å². The molecule has 1 aliphatic heterocycles. The lowest BCUT2D eigenvalue weighted by molar-refractivity contribution is -0.129. The first-order valence-corrected chi connectivity index (χ1v) is 9.95. The summed E-state index contributed by atoms with van der Waals surface area (Å²) in [4.78, 5) is 24.4. The number of carbonyl (C=O) groups excluding carboxylic acids is 1. The van der Waals surface area contributed by atoms with Gasteiger partial charge in [0.05, 0.1) is 11.4 Å². The maximum Gasteiger partial charge on any atom is 0.231 e. The molecule has 0 bridgehead atoms. The van der Waals surface area contributed by atoms with E-state index in [1.54, 1.807) is 22.6 Å². The molecule has 0 atom stereocenters. The Labute approximate surface area is 178 Å². The maximum atomic E-state index is 14.2. The van der Waals surface area contributed by atoms with Crippen LogP contribution in [0.1, 0.15) is 18.3 Å². The molecule has 3 aromatic rings. The van der Waals surface area contributed by atoms with E-state index in [1.165, 1.54) is 0 Å². The number of benzene rings is 1. The molecule has 2 aromatic heterocycles. The van der Waals surface area contributed by atoms with Crippen LogP contribution in [0.5, 0.6) is 0 Å². The summed E-state index contributed by atoms with van der Waals surface area (Å²) in [6.07, 6.45) is 0. The Morgan fingerprint density at radius 3 is 2.35 bits per heavy atom. The fraction of sp³-hybridized carbons (Fsp3) is 0.333. The highest BCUT2D eigenvalue weighted by atomic mass is 19.1. The van der Waals surface area contributed by atoms with Gasteiger partial charge in [-0.15, -0.1) is 0 Å². The first-order chi connectivity index (χ1) is 14.8. The van der Waals surface area contributed by atoms with E-state index in [0.29, 0.717) is 37.8 Å². The Balaban J connectivity index is 1.71. The van der Waals surface area contributed by atoms with Gasteiger partial charge in [-0.05, 0) is 32.0 Å². The zero-order valence-electron chi connectivity index (χ0n) is 17.6. The van der Waals surface area contributed by atoms with Crippen LogP contribution in [-0.2, 0) is 4.79 Å². The lowest BCUT2D eigenvalue weighted by Crippen LogP contribution is -2.48. The number of hydrogen-bond acceptors (Lipinski definition) is 6. The number of halogens is 2. The molecule has 3 heterocycles. The molecule has 0 spiro atoms. The highest BCUT2D eigenvalue weighted by Crippen LogP contribution is 2.24. The van der Waals surface area contributed by atoms with Crippen molar-refractivity contribution in [3.63, 3.8) is 0 Å². The second kappa shape index (κ2) is 8.29. The van der Waals surface area contributed by atoms with Crippen molar-refractivity contribution < 1.29 is 13.6 Å². The summed E-state index contributed by atoms with van der Waals surface area (Å²) in [6, 6.07) is 6.88. The predicted molar refractivity (Wildman–Crippen MR) is 113 cm³/mol. The molecule has 1 aliphatic rings. The Morgan fingerprint density at radius 2 is 1.71 bits per heavy atom. The minimum absolute atomic E-state index is 0.0367. The summed E-state index contributed by atoms with van der Waals surface area (Å²) in [6.45, 7) is 7.70. The molecule has 1 amide bonds. The zero-order valence-corrected chi connectivity index (χ0v) is 17.6. The van der Waals surface area contributed by atoms with Gasteiger partial charge in [0.15, 0.2) is 5.82 Å². The Kier molecular flexibility index (Phi) is 5.53. The molecule has 10 heteroatoms. The molecule has 1 N–H and O–H groups in total. The Morgan fingerprint density at radius 1 is 1.00 bits per heavy atom. The number of nitrogens with one attached hydrogen (secondary N) is 1. The number of nitrogens with zero attached hydrogens (tertiary/aromatic N) is 6. The van der Waals surface area contributed by atoms with Crippen molar-refractivity contribution >= 4 is 23.4 Å². The Bertz CT molecular complexity index is 1120. The van der Waals surface area contributed by atoms with E-state index < -0.39 is 11.6 Å². The van der Waals surface area contributed by atoms with Gasteiger partial charge >= 0.3 is 0 Å². The first kappa shape index (κ1) is 20.7. The molecule has 1 fully saturated rings. The molecule has 31 heavy (non-hydrogen) atoms. The topological polar surface area (TPSA) is 79.2 Å². The third-order valence-corrected chi connectivity index (χ3v) is 5.15. The summed E-state index contributed by atoms with van der Waals surface area (Å²) in [5.74, 6) is 0.0921. The quantitative estimate of drug-likeness (QED) is 0.690. The second-order valence-corrected chi connectivity index (χ2v) is 7.49. The van der Waals surface area contributed by atoms with E-state index in [0.717, 1.165) is 29.6 Å².